The maximum atomic E-state index is 13.0. The zero-order chi connectivity index (χ0) is 15.4. The minimum Gasteiger partial charge on any atom is -0.493 e. The van der Waals surface area contributed by atoms with Crippen LogP contribution >= 0.6 is 22.6 Å². The van der Waals surface area contributed by atoms with E-state index in [1.807, 2.05) is 22.6 Å². The van der Waals surface area contributed by atoms with E-state index in [4.69, 9.17) is 9.47 Å². The number of methoxy groups -OCH3 is 2. The lowest BCUT2D eigenvalue weighted by molar-refractivity contribution is 0.102. The van der Waals surface area contributed by atoms with Crippen LogP contribution in [-0.2, 0) is 0 Å². The molecule has 4 nitrogen and oxygen atoms in total. The van der Waals surface area contributed by atoms with E-state index in [1.165, 1.54) is 32.4 Å². The van der Waals surface area contributed by atoms with Crippen LogP contribution < -0.4 is 14.8 Å². The second-order valence-electron chi connectivity index (χ2n) is 4.15. The van der Waals surface area contributed by atoms with Crippen LogP contribution in [0.5, 0.6) is 11.5 Å². The average Bonchev–Trinajstić information content (AvgIpc) is 2.49. The van der Waals surface area contributed by atoms with Gasteiger partial charge in [-0.2, -0.15) is 0 Å². The monoisotopic (exact) mass is 401 g/mol. The van der Waals surface area contributed by atoms with Crippen LogP contribution in [0.25, 0.3) is 0 Å². The van der Waals surface area contributed by atoms with Crippen molar-refractivity contribution in [1.82, 2.24) is 0 Å². The summed E-state index contributed by atoms with van der Waals surface area (Å²) in [7, 11) is 3.03. The fraction of sp³-hybridized carbons (Fsp3) is 0.133. The maximum Gasteiger partial charge on any atom is 0.255 e. The van der Waals surface area contributed by atoms with Crippen LogP contribution in [0.4, 0.5) is 10.1 Å². The van der Waals surface area contributed by atoms with E-state index in [9.17, 15) is 9.18 Å². The quantitative estimate of drug-likeness (QED) is 0.796. The molecule has 0 unspecified atom stereocenters. The fourth-order valence-electron chi connectivity index (χ4n) is 1.76. The van der Waals surface area contributed by atoms with Crippen LogP contribution in [0.3, 0.4) is 0 Å². The van der Waals surface area contributed by atoms with Gasteiger partial charge in [-0.25, -0.2) is 4.39 Å². The van der Waals surface area contributed by atoms with Crippen molar-refractivity contribution in [2.24, 2.45) is 0 Å². The van der Waals surface area contributed by atoms with E-state index >= 15 is 0 Å². The van der Waals surface area contributed by atoms with Crippen molar-refractivity contribution < 1.29 is 18.7 Å². The Morgan fingerprint density at radius 2 is 1.81 bits per heavy atom. The first-order valence-corrected chi connectivity index (χ1v) is 7.11. The van der Waals surface area contributed by atoms with Crippen molar-refractivity contribution in [3.63, 3.8) is 0 Å². The third kappa shape index (κ3) is 3.63. The van der Waals surface area contributed by atoms with E-state index in [1.54, 1.807) is 18.2 Å². The van der Waals surface area contributed by atoms with Gasteiger partial charge in [-0.3, -0.25) is 4.79 Å². The molecule has 0 aromatic heterocycles. The molecule has 0 atom stereocenters. The normalized spacial score (nSPS) is 10.1. The van der Waals surface area contributed by atoms with E-state index in [2.05, 4.69) is 5.32 Å². The summed E-state index contributed by atoms with van der Waals surface area (Å²) in [5.74, 6) is 0.369. The summed E-state index contributed by atoms with van der Waals surface area (Å²) in [6, 6.07) is 9.05. The Morgan fingerprint density at radius 3 is 2.43 bits per heavy atom. The van der Waals surface area contributed by atoms with E-state index in [0.29, 0.717) is 26.3 Å². The predicted octanol–water partition coefficient (Wildman–Crippen LogP) is 3.70. The number of anilines is 1. The first-order chi connectivity index (χ1) is 10.0. The molecule has 0 saturated heterocycles. The lowest BCUT2D eigenvalue weighted by Gasteiger charge is -2.11. The van der Waals surface area contributed by atoms with Crippen molar-refractivity contribution in [3.05, 3.63) is 51.3 Å². The third-order valence-electron chi connectivity index (χ3n) is 2.83. The van der Waals surface area contributed by atoms with Crippen molar-refractivity contribution >= 4 is 34.2 Å². The van der Waals surface area contributed by atoms with Gasteiger partial charge in [0.15, 0.2) is 11.5 Å². The number of carbonyl (C=O) groups is 1. The largest absolute Gasteiger partial charge is 0.493 e. The lowest BCUT2D eigenvalue weighted by Crippen LogP contribution is -2.13. The number of carbonyl (C=O) groups excluding carboxylic acids is 1. The number of rotatable bonds is 4. The minimum absolute atomic E-state index is 0.305. The van der Waals surface area contributed by atoms with Crippen molar-refractivity contribution in [3.8, 4) is 11.5 Å². The molecule has 6 heteroatoms. The zero-order valence-electron chi connectivity index (χ0n) is 11.4. The van der Waals surface area contributed by atoms with Gasteiger partial charge in [-0.15, -0.1) is 0 Å². The van der Waals surface area contributed by atoms with Crippen LogP contribution in [-0.4, -0.2) is 20.1 Å². The molecule has 0 aliphatic carbocycles. The van der Waals surface area contributed by atoms with Crippen LogP contribution in [0.2, 0.25) is 0 Å². The molecule has 0 fully saturated rings. The summed E-state index contributed by atoms with van der Waals surface area (Å²) in [4.78, 5) is 12.2. The first-order valence-electron chi connectivity index (χ1n) is 6.03. The predicted molar refractivity (Wildman–Crippen MR) is 86.6 cm³/mol. The van der Waals surface area contributed by atoms with Crippen molar-refractivity contribution in [2.75, 3.05) is 19.5 Å². The highest BCUT2D eigenvalue weighted by molar-refractivity contribution is 14.1. The molecule has 1 N–H and O–H groups in total. The molecule has 0 aliphatic heterocycles. The average molecular weight is 401 g/mol. The Morgan fingerprint density at radius 1 is 1.10 bits per heavy atom. The van der Waals surface area contributed by atoms with Gasteiger partial charge in [0.25, 0.3) is 5.91 Å². The van der Waals surface area contributed by atoms with Gasteiger partial charge in [-0.1, -0.05) is 0 Å². The smallest absolute Gasteiger partial charge is 0.255 e. The molecule has 0 heterocycles. The van der Waals surface area contributed by atoms with Gasteiger partial charge < -0.3 is 14.8 Å². The molecule has 1 amide bonds. The van der Waals surface area contributed by atoms with Crippen molar-refractivity contribution in [2.45, 2.75) is 0 Å². The Kier molecular flexibility index (Phi) is 5.00. The summed E-state index contributed by atoms with van der Waals surface area (Å²) in [5, 5.41) is 2.73. The minimum atomic E-state index is -0.344. The Balaban J connectivity index is 2.24. The highest BCUT2D eigenvalue weighted by atomic mass is 127. The Hall–Kier alpha value is -1.83. The first kappa shape index (κ1) is 15.6. The highest BCUT2D eigenvalue weighted by Gasteiger charge is 2.12. The molecular formula is C15H13FINO3. The summed E-state index contributed by atoms with van der Waals surface area (Å²) in [5.41, 5.74) is 0.976. The molecule has 0 bridgehead atoms. The van der Waals surface area contributed by atoms with E-state index in [0.717, 1.165) is 0 Å². The number of hydrogen-bond acceptors (Lipinski definition) is 3. The van der Waals surface area contributed by atoms with Gasteiger partial charge >= 0.3 is 0 Å². The Bertz CT molecular complexity index is 676. The molecule has 110 valence electrons. The van der Waals surface area contributed by atoms with Crippen LogP contribution in [0, 0.1) is 9.39 Å². The van der Waals surface area contributed by atoms with E-state index < -0.39 is 0 Å². The molecule has 0 saturated carbocycles. The number of nitrogens with one attached hydrogen (secondary N) is 1. The molecular weight excluding hydrogens is 388 g/mol. The van der Waals surface area contributed by atoms with E-state index in [-0.39, 0.29) is 11.7 Å². The number of hydrogen-bond donors (Lipinski definition) is 1. The Labute approximate surface area is 135 Å². The maximum absolute atomic E-state index is 13.0. The number of ether oxygens (including phenoxy) is 2. The SMILES string of the molecule is COc1ccc(C(=O)Nc2ccc(F)cc2I)cc1OC. The highest BCUT2D eigenvalue weighted by Crippen LogP contribution is 2.28. The van der Waals surface area contributed by atoms with Gasteiger partial charge in [0.2, 0.25) is 0 Å². The van der Waals surface area contributed by atoms with Crippen LogP contribution in [0.1, 0.15) is 10.4 Å². The molecule has 0 aliphatic rings. The third-order valence-corrected chi connectivity index (χ3v) is 3.72. The second-order valence-corrected chi connectivity index (χ2v) is 5.31. The standard InChI is InChI=1S/C15H13FINO3/c1-20-13-6-3-9(7-14(13)21-2)15(19)18-12-5-4-10(16)8-11(12)17/h3-8H,1-2H3,(H,18,19). The summed E-state index contributed by atoms with van der Waals surface area (Å²) < 4.78 is 24.0. The van der Waals surface area contributed by atoms with Gasteiger partial charge in [0.05, 0.1) is 19.9 Å². The zero-order valence-corrected chi connectivity index (χ0v) is 13.6. The van der Waals surface area contributed by atoms with Gasteiger partial charge in [0.1, 0.15) is 5.82 Å². The number of halogens is 2. The number of benzene rings is 2. The molecule has 2 aromatic rings. The fourth-order valence-corrected chi connectivity index (χ4v) is 2.37. The summed E-state index contributed by atoms with van der Waals surface area (Å²) in [6.07, 6.45) is 0. The number of amides is 1. The van der Waals surface area contributed by atoms with Gasteiger partial charge in [0, 0.05) is 9.13 Å². The molecule has 2 aromatic carbocycles. The second kappa shape index (κ2) is 6.75. The molecule has 0 spiro atoms. The van der Waals surface area contributed by atoms with Crippen LogP contribution in [0.15, 0.2) is 36.4 Å². The molecule has 21 heavy (non-hydrogen) atoms. The molecule has 2 rings (SSSR count). The summed E-state index contributed by atoms with van der Waals surface area (Å²) in [6.45, 7) is 0. The lowest BCUT2D eigenvalue weighted by atomic mass is 10.2. The molecule has 0 radical (unpaired) electrons. The topological polar surface area (TPSA) is 47.6 Å². The van der Waals surface area contributed by atoms with Crippen molar-refractivity contribution in [1.29, 1.82) is 0 Å². The summed E-state index contributed by atoms with van der Waals surface area (Å²) >= 11 is 1.96. The van der Waals surface area contributed by atoms with Gasteiger partial charge in [-0.05, 0) is 59.0 Å².